The first-order valence-corrected chi connectivity index (χ1v) is 10.2. The maximum atomic E-state index is 13.0. The van der Waals surface area contributed by atoms with Crippen molar-refractivity contribution in [3.63, 3.8) is 0 Å². The van der Waals surface area contributed by atoms with E-state index in [0.29, 0.717) is 36.4 Å². The minimum absolute atomic E-state index is 0.0531. The average molecular weight is 390 g/mol. The van der Waals surface area contributed by atoms with Crippen LogP contribution in [-0.2, 0) is 6.54 Å². The molecule has 0 bridgehead atoms. The van der Waals surface area contributed by atoms with E-state index in [2.05, 4.69) is 13.8 Å². The summed E-state index contributed by atoms with van der Waals surface area (Å²) in [6.07, 6.45) is 5.98. The summed E-state index contributed by atoms with van der Waals surface area (Å²) < 4.78 is 13.3. The average Bonchev–Trinajstić information content (AvgIpc) is 2.69. The molecule has 7 nitrogen and oxygen atoms in total. The van der Waals surface area contributed by atoms with Crippen molar-refractivity contribution < 1.29 is 14.4 Å². The molecule has 7 heteroatoms. The van der Waals surface area contributed by atoms with E-state index in [1.54, 1.807) is 6.07 Å². The van der Waals surface area contributed by atoms with Gasteiger partial charge in [-0.05, 0) is 25.8 Å². The van der Waals surface area contributed by atoms with Crippen LogP contribution in [0, 0.1) is 10.1 Å². The van der Waals surface area contributed by atoms with Crippen LogP contribution in [0.25, 0.3) is 10.9 Å². The molecule has 0 unspecified atom stereocenters. The molecule has 0 aliphatic carbocycles. The van der Waals surface area contributed by atoms with Gasteiger partial charge in [-0.25, -0.2) is 0 Å². The fourth-order valence-electron chi connectivity index (χ4n) is 3.11. The highest BCUT2D eigenvalue weighted by molar-refractivity contribution is 5.89. The number of nitro benzene ring substituents is 1. The summed E-state index contributed by atoms with van der Waals surface area (Å²) in [4.78, 5) is 23.8. The normalized spacial score (nSPS) is 11.0. The lowest BCUT2D eigenvalue weighted by Gasteiger charge is -2.18. The fraction of sp³-hybridized carbons (Fsp3) is 0.571. The molecule has 2 aromatic rings. The van der Waals surface area contributed by atoms with Crippen LogP contribution in [0.2, 0.25) is 0 Å². The lowest BCUT2D eigenvalue weighted by Crippen LogP contribution is -2.23. The summed E-state index contributed by atoms with van der Waals surface area (Å²) in [6, 6.07) is 4.51. The number of non-ortho nitro benzene ring substituents is 1. The lowest BCUT2D eigenvalue weighted by atomic mass is 10.1. The molecule has 0 amide bonds. The third-order valence-corrected chi connectivity index (χ3v) is 4.68. The summed E-state index contributed by atoms with van der Waals surface area (Å²) in [5, 5.41) is 11.9. The highest BCUT2D eigenvalue weighted by Gasteiger charge is 2.21. The van der Waals surface area contributed by atoms with E-state index in [0.717, 1.165) is 38.5 Å². The zero-order chi connectivity index (χ0) is 20.5. The number of hydrogen-bond donors (Lipinski definition) is 0. The summed E-state index contributed by atoms with van der Waals surface area (Å²) in [5.41, 5.74) is 0.130. The molecule has 28 heavy (non-hydrogen) atoms. The van der Waals surface area contributed by atoms with Gasteiger partial charge in [-0.1, -0.05) is 39.5 Å². The van der Waals surface area contributed by atoms with Crippen LogP contribution in [0.15, 0.2) is 23.0 Å². The molecular weight excluding hydrogens is 360 g/mol. The largest absolute Gasteiger partial charge is 0.489 e. The zero-order valence-electron chi connectivity index (χ0n) is 17.0. The minimum atomic E-state index is -0.457. The number of nitro groups is 1. The number of fused-ring (bicyclic) bond motifs is 1. The molecule has 0 fully saturated rings. The van der Waals surface area contributed by atoms with Crippen molar-refractivity contribution in [3.8, 4) is 11.5 Å². The van der Waals surface area contributed by atoms with Crippen LogP contribution in [-0.4, -0.2) is 22.7 Å². The van der Waals surface area contributed by atoms with Crippen molar-refractivity contribution in [2.75, 3.05) is 13.2 Å². The Morgan fingerprint density at radius 1 is 0.964 bits per heavy atom. The Morgan fingerprint density at radius 3 is 2.29 bits per heavy atom. The van der Waals surface area contributed by atoms with Gasteiger partial charge in [-0.2, -0.15) is 0 Å². The molecule has 0 spiro atoms. The van der Waals surface area contributed by atoms with Crippen molar-refractivity contribution in [2.24, 2.45) is 0 Å². The number of pyridine rings is 1. The van der Waals surface area contributed by atoms with Gasteiger partial charge >= 0.3 is 0 Å². The maximum Gasteiger partial charge on any atom is 0.297 e. The molecule has 0 N–H and O–H groups in total. The van der Waals surface area contributed by atoms with Crippen molar-refractivity contribution in [2.45, 2.75) is 65.8 Å². The number of aromatic nitrogens is 1. The van der Waals surface area contributed by atoms with Gasteiger partial charge in [0.25, 0.3) is 11.2 Å². The Morgan fingerprint density at radius 2 is 1.64 bits per heavy atom. The number of hydrogen-bond acceptors (Lipinski definition) is 5. The van der Waals surface area contributed by atoms with Gasteiger partial charge in [-0.3, -0.25) is 14.9 Å². The third-order valence-electron chi connectivity index (χ3n) is 4.68. The van der Waals surface area contributed by atoms with Crippen LogP contribution in [0.1, 0.15) is 59.3 Å². The number of unbranched alkanes of at least 4 members (excludes halogenated alkanes) is 4. The molecule has 0 saturated carbocycles. The molecule has 1 heterocycles. The van der Waals surface area contributed by atoms with E-state index in [-0.39, 0.29) is 17.0 Å². The van der Waals surface area contributed by atoms with Gasteiger partial charge in [0.15, 0.2) is 5.75 Å². The molecule has 0 saturated heterocycles. The Kier molecular flexibility index (Phi) is 8.29. The van der Waals surface area contributed by atoms with Crippen molar-refractivity contribution in [1.29, 1.82) is 0 Å². The topological polar surface area (TPSA) is 83.6 Å². The zero-order valence-corrected chi connectivity index (χ0v) is 17.0. The predicted octanol–water partition coefficient (Wildman–Crippen LogP) is 5.07. The second-order valence-corrected chi connectivity index (χ2v) is 6.78. The van der Waals surface area contributed by atoms with Crippen LogP contribution in [0.3, 0.4) is 0 Å². The summed E-state index contributed by atoms with van der Waals surface area (Å²) in [6.45, 7) is 7.33. The van der Waals surface area contributed by atoms with E-state index in [4.69, 9.17) is 9.47 Å². The second kappa shape index (κ2) is 10.7. The van der Waals surface area contributed by atoms with Gasteiger partial charge in [-0.15, -0.1) is 0 Å². The Hall–Kier alpha value is -2.57. The first kappa shape index (κ1) is 21.7. The monoisotopic (exact) mass is 390 g/mol. The molecule has 2 rings (SSSR count). The maximum absolute atomic E-state index is 13.0. The fourth-order valence-corrected chi connectivity index (χ4v) is 3.11. The summed E-state index contributed by atoms with van der Waals surface area (Å²) in [5.74, 6) is 0.597. The Balaban J connectivity index is 2.53. The van der Waals surface area contributed by atoms with Crippen LogP contribution < -0.4 is 15.0 Å². The van der Waals surface area contributed by atoms with Crippen molar-refractivity contribution in [1.82, 2.24) is 4.57 Å². The highest BCUT2D eigenvalue weighted by Crippen LogP contribution is 2.35. The van der Waals surface area contributed by atoms with Gasteiger partial charge in [0.05, 0.1) is 23.7 Å². The Labute approximate surface area is 165 Å². The number of ether oxygens (including phenoxy) is 2. The molecule has 0 aliphatic heterocycles. The van der Waals surface area contributed by atoms with E-state index in [9.17, 15) is 14.9 Å². The van der Waals surface area contributed by atoms with Crippen LogP contribution in [0.5, 0.6) is 11.5 Å². The molecular formula is C21H30N2O5. The molecule has 154 valence electrons. The predicted molar refractivity (Wildman–Crippen MR) is 111 cm³/mol. The van der Waals surface area contributed by atoms with Crippen LogP contribution >= 0.6 is 0 Å². The van der Waals surface area contributed by atoms with Crippen LogP contribution in [0.4, 0.5) is 5.69 Å². The molecule has 0 aliphatic rings. The van der Waals surface area contributed by atoms with E-state index >= 15 is 0 Å². The Bertz CT molecular complexity index is 860. The highest BCUT2D eigenvalue weighted by atomic mass is 16.6. The smallest absolute Gasteiger partial charge is 0.297 e. The quantitative estimate of drug-likeness (QED) is 0.287. The molecule has 1 aromatic carbocycles. The van der Waals surface area contributed by atoms with E-state index in [1.165, 1.54) is 16.7 Å². The number of benzene rings is 1. The van der Waals surface area contributed by atoms with Crippen molar-refractivity contribution in [3.05, 3.63) is 38.7 Å². The third kappa shape index (κ3) is 5.03. The first-order valence-electron chi connectivity index (χ1n) is 10.2. The molecule has 1 aromatic heterocycles. The van der Waals surface area contributed by atoms with Crippen molar-refractivity contribution >= 4 is 16.6 Å². The standard InChI is InChI=1S/C21H30N2O5/c1-4-7-9-10-14-27-19-17-12-11-16(23(25)26)15-18(17)22(6-3)21(24)20(19)28-13-8-5-2/h11-12,15H,4-10,13-14H2,1-3H3. The van der Waals surface area contributed by atoms with Gasteiger partial charge < -0.3 is 14.0 Å². The molecule has 0 radical (unpaired) electrons. The number of nitrogens with zero attached hydrogens (tertiary/aromatic N) is 2. The number of aryl methyl sites for hydroxylation is 1. The first-order chi connectivity index (χ1) is 13.5. The lowest BCUT2D eigenvalue weighted by molar-refractivity contribution is -0.384. The number of rotatable bonds is 12. The van der Waals surface area contributed by atoms with Gasteiger partial charge in [0.1, 0.15) is 0 Å². The van der Waals surface area contributed by atoms with Gasteiger partial charge in [0.2, 0.25) is 5.75 Å². The molecule has 0 atom stereocenters. The second-order valence-electron chi connectivity index (χ2n) is 6.78. The van der Waals surface area contributed by atoms with E-state index < -0.39 is 4.92 Å². The minimum Gasteiger partial charge on any atom is -0.489 e. The summed E-state index contributed by atoms with van der Waals surface area (Å²) >= 11 is 0. The van der Waals surface area contributed by atoms with Gasteiger partial charge in [0, 0.05) is 24.1 Å². The summed E-state index contributed by atoms with van der Waals surface area (Å²) in [7, 11) is 0. The van der Waals surface area contributed by atoms with E-state index in [1.807, 2.05) is 6.92 Å². The SMILES string of the molecule is CCCCCCOc1c(OCCCC)c(=O)n(CC)c2cc([N+](=O)[O-])ccc12.